The molecule has 17 nitrogen and oxygen atoms in total. The minimum Gasteiger partial charge on any atom is -0.429 e. The molecule has 64 heavy (non-hydrogen) atoms. The number of anilines is 4. The Hall–Kier alpha value is -5.45. The van der Waals surface area contributed by atoms with E-state index in [4.69, 9.17) is 41.7 Å². The molecule has 2 amide bonds. The molecule has 0 aliphatic carbocycles. The summed E-state index contributed by atoms with van der Waals surface area (Å²) in [4.78, 5) is 39.9. The van der Waals surface area contributed by atoms with Crippen molar-refractivity contribution in [3.05, 3.63) is 110 Å². The molecule has 0 aliphatic heterocycles. The number of rotatable bonds is 14. The molecule has 0 bridgehead atoms. The highest BCUT2D eigenvalue weighted by Gasteiger charge is 2.32. The van der Waals surface area contributed by atoms with Gasteiger partial charge in [-0.15, -0.1) is 22.7 Å². The van der Waals surface area contributed by atoms with Crippen LogP contribution in [0.3, 0.4) is 0 Å². The van der Waals surface area contributed by atoms with E-state index >= 15 is 0 Å². The van der Waals surface area contributed by atoms with Crippen molar-refractivity contribution in [3.8, 4) is 0 Å². The smallest absolute Gasteiger partial charge is 0.429 e. The Kier molecular flexibility index (Phi) is 13.9. The Morgan fingerprint density at radius 1 is 0.594 bits per heavy atom. The molecule has 0 unspecified atom stereocenters. The van der Waals surface area contributed by atoms with E-state index < -0.39 is 38.0 Å². The SMILES string of the molecule is Cc1cc(C)c(NC(=O)c2scc(C)c2S(=O)(=O)Nc2onc(C)c2Cl)c(C)c1COC(=O)OCc1c(C)cc(C)c(NC(=O)c2scc(C)c2S(=O)(=O)Nc2onc(C)c2Cl)c1C. The van der Waals surface area contributed by atoms with Crippen LogP contribution in [0, 0.1) is 69.2 Å². The molecule has 0 saturated heterocycles. The topological polar surface area (TPSA) is 238 Å². The molecule has 0 radical (unpaired) electrons. The van der Waals surface area contributed by atoms with Gasteiger partial charge in [0.1, 0.15) is 54.2 Å². The summed E-state index contributed by atoms with van der Waals surface area (Å²) >= 11 is 14.2. The molecule has 6 rings (SSSR count). The van der Waals surface area contributed by atoms with E-state index in [1.54, 1.807) is 78.3 Å². The fraction of sp³-hybridized carbons (Fsp3) is 0.293. The molecule has 4 N–H and O–H groups in total. The number of sulfonamides is 2. The number of hydrogen-bond acceptors (Lipinski definition) is 15. The second-order valence-corrected chi connectivity index (χ2v) is 20.7. The van der Waals surface area contributed by atoms with Gasteiger partial charge >= 0.3 is 6.16 Å². The quantitative estimate of drug-likeness (QED) is 0.0744. The third-order valence-corrected chi connectivity index (χ3v) is 16.6. The zero-order chi connectivity index (χ0) is 47.2. The number of hydrogen-bond donors (Lipinski definition) is 4. The maximum absolute atomic E-state index is 13.7. The summed E-state index contributed by atoms with van der Waals surface area (Å²) in [5, 5.41) is 16.1. The summed E-state index contributed by atoms with van der Waals surface area (Å²) < 4.78 is 79.6. The van der Waals surface area contributed by atoms with E-state index in [1.807, 2.05) is 13.8 Å². The second-order valence-electron chi connectivity index (χ2n) is 14.9. The first-order valence-electron chi connectivity index (χ1n) is 19.0. The summed E-state index contributed by atoms with van der Waals surface area (Å²) in [5.74, 6) is -1.93. The van der Waals surface area contributed by atoms with Crippen LogP contribution in [-0.4, -0.2) is 45.1 Å². The first kappa shape index (κ1) is 48.0. The van der Waals surface area contributed by atoms with Gasteiger partial charge < -0.3 is 29.2 Å². The van der Waals surface area contributed by atoms with Crippen LogP contribution in [0.15, 0.2) is 41.7 Å². The first-order chi connectivity index (χ1) is 29.9. The molecular weight excluding hydrogens is 952 g/mol. The van der Waals surface area contributed by atoms with Crippen molar-refractivity contribution in [2.24, 2.45) is 0 Å². The largest absolute Gasteiger partial charge is 0.508 e. The minimum atomic E-state index is -4.34. The highest BCUT2D eigenvalue weighted by atomic mass is 35.5. The average Bonchev–Trinajstić information content (AvgIpc) is 3.98. The molecule has 0 fully saturated rings. The molecular formula is C41H42Cl2N6O11S4. The predicted molar refractivity (Wildman–Crippen MR) is 244 cm³/mol. The molecule has 4 aromatic heterocycles. The fourth-order valence-electron chi connectivity index (χ4n) is 6.96. The van der Waals surface area contributed by atoms with Crippen molar-refractivity contribution >= 4 is 107 Å². The molecule has 6 aromatic rings. The normalized spacial score (nSPS) is 11.7. The maximum Gasteiger partial charge on any atom is 0.508 e. The average molecular weight is 994 g/mol. The van der Waals surface area contributed by atoms with Gasteiger partial charge in [-0.05, 0) is 136 Å². The number of nitrogens with zero attached hydrogens (tertiary/aromatic N) is 2. The molecule has 0 atom stereocenters. The minimum absolute atomic E-state index is 0.0131. The van der Waals surface area contributed by atoms with Crippen LogP contribution in [0.4, 0.5) is 27.9 Å². The van der Waals surface area contributed by atoms with Crippen molar-refractivity contribution in [2.45, 2.75) is 92.2 Å². The van der Waals surface area contributed by atoms with Gasteiger partial charge in [-0.25, -0.2) is 31.1 Å². The van der Waals surface area contributed by atoms with Gasteiger partial charge in [-0.1, -0.05) is 45.6 Å². The number of carbonyl (C=O) groups excluding carboxylic acids is 3. The monoisotopic (exact) mass is 992 g/mol. The van der Waals surface area contributed by atoms with E-state index in [2.05, 4.69) is 30.4 Å². The number of nitrogens with one attached hydrogen (secondary N) is 4. The van der Waals surface area contributed by atoms with Crippen LogP contribution < -0.4 is 20.1 Å². The van der Waals surface area contributed by atoms with Crippen LogP contribution in [0.2, 0.25) is 10.0 Å². The number of benzene rings is 2. The summed E-state index contributed by atoms with van der Waals surface area (Å²) in [6.07, 6.45) is -0.994. The van der Waals surface area contributed by atoms with Gasteiger partial charge in [-0.3, -0.25) is 9.59 Å². The summed E-state index contributed by atoms with van der Waals surface area (Å²) in [7, 11) is -8.67. The Balaban J connectivity index is 1.14. The third kappa shape index (κ3) is 9.64. The Morgan fingerprint density at radius 2 is 0.953 bits per heavy atom. The number of ether oxygens (including phenoxy) is 2. The molecule has 23 heteroatoms. The van der Waals surface area contributed by atoms with E-state index in [0.29, 0.717) is 55.9 Å². The molecule has 0 saturated carbocycles. The second kappa shape index (κ2) is 18.6. The number of aromatic nitrogens is 2. The van der Waals surface area contributed by atoms with Crippen molar-refractivity contribution in [3.63, 3.8) is 0 Å². The van der Waals surface area contributed by atoms with Gasteiger partial charge in [0.05, 0.1) is 0 Å². The van der Waals surface area contributed by atoms with Gasteiger partial charge in [0.2, 0.25) is 0 Å². The summed E-state index contributed by atoms with van der Waals surface area (Å²) in [5.41, 5.74) is 7.20. The Bertz CT molecular complexity index is 2890. The lowest BCUT2D eigenvalue weighted by Gasteiger charge is -2.19. The van der Waals surface area contributed by atoms with Crippen LogP contribution >= 0.6 is 45.9 Å². The Morgan fingerprint density at radius 3 is 1.28 bits per heavy atom. The van der Waals surface area contributed by atoms with E-state index in [0.717, 1.165) is 33.8 Å². The number of aryl methyl sites for hydroxylation is 8. The zero-order valence-corrected chi connectivity index (χ0v) is 40.8. The van der Waals surface area contributed by atoms with Crippen molar-refractivity contribution in [1.29, 1.82) is 0 Å². The zero-order valence-electron chi connectivity index (χ0n) is 36.0. The highest BCUT2D eigenvalue weighted by molar-refractivity contribution is 7.93. The van der Waals surface area contributed by atoms with Crippen LogP contribution in [0.25, 0.3) is 0 Å². The molecule has 2 aromatic carbocycles. The van der Waals surface area contributed by atoms with Gasteiger partial charge in [0.15, 0.2) is 0 Å². The molecule has 4 heterocycles. The highest BCUT2D eigenvalue weighted by Crippen LogP contribution is 2.36. The van der Waals surface area contributed by atoms with Gasteiger partial charge in [0, 0.05) is 11.4 Å². The Labute approximate surface area is 386 Å². The lowest BCUT2D eigenvalue weighted by molar-refractivity contribution is 0.0442. The number of carbonyl (C=O) groups is 3. The summed E-state index contributed by atoms with van der Waals surface area (Å²) in [6, 6.07) is 3.60. The van der Waals surface area contributed by atoms with E-state index in [1.165, 1.54) is 0 Å². The molecule has 0 spiro atoms. The van der Waals surface area contributed by atoms with E-state index in [9.17, 15) is 31.2 Å². The standard InChI is InChI=1S/C41H42Cl2N6O11S4/c1-17-11-19(3)31(44-37(50)33-35(21(5)15-61-33)63(53,54)48-39-29(42)25(9)46-59-39)23(7)27(17)13-57-41(52)58-14-28-18(2)12-20(4)32(24(28)8)45-38(51)34-36(22(6)16-62-34)64(55,56)49-40-30(43)26(10)47-60-40/h11-12,15-16,48-49H,13-14H2,1-10H3,(H,44,50)(H,45,51). The predicted octanol–water partition coefficient (Wildman–Crippen LogP) is 10.1. The molecule has 0 aliphatic rings. The van der Waals surface area contributed by atoms with Crippen LogP contribution in [0.5, 0.6) is 0 Å². The summed E-state index contributed by atoms with van der Waals surface area (Å²) in [6.45, 7) is 16.4. The van der Waals surface area contributed by atoms with E-state index in [-0.39, 0.29) is 66.0 Å². The van der Waals surface area contributed by atoms with Gasteiger partial charge in [-0.2, -0.15) is 0 Å². The van der Waals surface area contributed by atoms with Crippen molar-refractivity contribution < 1.29 is 49.7 Å². The number of halogens is 2. The maximum atomic E-state index is 13.7. The van der Waals surface area contributed by atoms with Crippen LogP contribution in [-0.2, 0) is 42.7 Å². The number of thiophene rings is 2. The van der Waals surface area contributed by atoms with Crippen molar-refractivity contribution in [1.82, 2.24) is 10.3 Å². The first-order valence-corrected chi connectivity index (χ1v) is 24.5. The number of amides is 2. The lowest BCUT2D eigenvalue weighted by atomic mass is 9.97. The molecule has 340 valence electrons. The van der Waals surface area contributed by atoms with Crippen molar-refractivity contribution in [2.75, 3.05) is 20.1 Å². The lowest BCUT2D eigenvalue weighted by Crippen LogP contribution is -2.20. The van der Waals surface area contributed by atoms with Gasteiger partial charge in [0.25, 0.3) is 43.6 Å². The fourth-order valence-corrected chi connectivity index (χ4v) is 12.7. The third-order valence-electron chi connectivity index (χ3n) is 10.2. The van der Waals surface area contributed by atoms with Crippen LogP contribution in [0.1, 0.15) is 86.4 Å².